The van der Waals surface area contributed by atoms with Crippen molar-refractivity contribution in [1.29, 1.82) is 0 Å². The van der Waals surface area contributed by atoms with Crippen molar-refractivity contribution in [2.45, 2.75) is 32.9 Å². The van der Waals surface area contributed by atoms with Gasteiger partial charge in [0.2, 0.25) is 0 Å². The van der Waals surface area contributed by atoms with Gasteiger partial charge in [-0.3, -0.25) is 9.69 Å². The van der Waals surface area contributed by atoms with Crippen molar-refractivity contribution >= 4 is 5.91 Å². The molecule has 96 valence electrons. The van der Waals surface area contributed by atoms with E-state index >= 15 is 0 Å². The molecule has 1 aromatic rings. The second kappa shape index (κ2) is 5.25. The van der Waals surface area contributed by atoms with Crippen LogP contribution in [0.2, 0.25) is 0 Å². The Kier molecular flexibility index (Phi) is 3.70. The van der Waals surface area contributed by atoms with Gasteiger partial charge in [0.05, 0.1) is 6.54 Å². The molecule has 1 aromatic carbocycles. The maximum Gasteiger partial charge on any atom is 0.250 e. The zero-order valence-electron chi connectivity index (χ0n) is 11.0. The highest BCUT2D eigenvalue weighted by Crippen LogP contribution is 2.20. The summed E-state index contributed by atoms with van der Waals surface area (Å²) in [6.07, 6.45) is 0.850. The molecule has 1 atom stereocenters. The number of amides is 1. The molecule has 1 unspecified atom stereocenters. The topological polar surface area (TPSA) is 32.3 Å². The summed E-state index contributed by atoms with van der Waals surface area (Å²) in [6.45, 7) is 8.78. The summed E-state index contributed by atoms with van der Waals surface area (Å²) >= 11 is 0. The van der Waals surface area contributed by atoms with E-state index in [9.17, 15) is 4.79 Å². The van der Waals surface area contributed by atoms with Crippen LogP contribution in [0.15, 0.2) is 42.7 Å². The van der Waals surface area contributed by atoms with Gasteiger partial charge < -0.3 is 5.32 Å². The van der Waals surface area contributed by atoms with E-state index in [2.05, 4.69) is 25.7 Å². The molecular formula is C15H20N2O. The van der Waals surface area contributed by atoms with Crippen LogP contribution < -0.4 is 5.32 Å². The average Bonchev–Trinajstić information content (AvgIpc) is 2.58. The normalized spacial score (nSPS) is 19.5. The fourth-order valence-corrected chi connectivity index (χ4v) is 2.23. The number of nitrogens with one attached hydrogen (secondary N) is 1. The summed E-state index contributed by atoms with van der Waals surface area (Å²) in [5.41, 5.74) is 1.12. The second-order valence-corrected chi connectivity index (χ2v) is 5.18. The van der Waals surface area contributed by atoms with Gasteiger partial charge in [-0.15, -0.1) is 0 Å². The lowest BCUT2D eigenvalue weighted by atomic mass is 10.0. The standard InChI is InChI=1S/C15H20N2O/c1-11(2)9-14-15(18)17(12(3)16-14)10-13-7-5-4-6-8-13/h4-8,11,14,16H,3,9-10H2,1-2H3. The maximum absolute atomic E-state index is 12.3. The first kappa shape index (κ1) is 12.7. The number of carbonyl (C=O) groups excluding carboxylic acids is 1. The predicted molar refractivity (Wildman–Crippen MR) is 72.5 cm³/mol. The summed E-state index contributed by atoms with van der Waals surface area (Å²) in [7, 11) is 0. The Balaban J connectivity index is 2.06. The number of carbonyl (C=O) groups is 1. The van der Waals surface area contributed by atoms with Crippen molar-refractivity contribution in [3.05, 3.63) is 48.3 Å². The largest absolute Gasteiger partial charge is 0.360 e. The van der Waals surface area contributed by atoms with E-state index in [-0.39, 0.29) is 11.9 Å². The van der Waals surface area contributed by atoms with Crippen molar-refractivity contribution < 1.29 is 4.79 Å². The Morgan fingerprint density at radius 3 is 2.61 bits per heavy atom. The van der Waals surface area contributed by atoms with Gasteiger partial charge in [0, 0.05) is 0 Å². The van der Waals surface area contributed by atoms with Crippen LogP contribution in [0.25, 0.3) is 0 Å². The lowest BCUT2D eigenvalue weighted by Gasteiger charge is -2.16. The monoisotopic (exact) mass is 244 g/mol. The number of benzene rings is 1. The van der Waals surface area contributed by atoms with Gasteiger partial charge in [0.15, 0.2) is 0 Å². The first-order valence-electron chi connectivity index (χ1n) is 6.38. The van der Waals surface area contributed by atoms with E-state index < -0.39 is 0 Å². The summed E-state index contributed by atoms with van der Waals surface area (Å²) in [5.74, 6) is 1.35. The first-order chi connectivity index (χ1) is 8.58. The molecule has 2 rings (SSSR count). The summed E-state index contributed by atoms with van der Waals surface area (Å²) < 4.78 is 0. The summed E-state index contributed by atoms with van der Waals surface area (Å²) in [4.78, 5) is 14.0. The lowest BCUT2D eigenvalue weighted by molar-refractivity contribution is -0.128. The molecule has 0 radical (unpaired) electrons. The predicted octanol–water partition coefficient (Wildman–Crippen LogP) is 2.50. The van der Waals surface area contributed by atoms with Crippen molar-refractivity contribution in [2.24, 2.45) is 5.92 Å². The molecule has 0 aromatic heterocycles. The molecule has 3 heteroatoms. The number of hydrogen-bond acceptors (Lipinski definition) is 2. The lowest BCUT2D eigenvalue weighted by Crippen LogP contribution is -2.31. The van der Waals surface area contributed by atoms with Crippen molar-refractivity contribution in [1.82, 2.24) is 10.2 Å². The van der Waals surface area contributed by atoms with Crippen molar-refractivity contribution in [2.75, 3.05) is 0 Å². The molecule has 1 saturated heterocycles. The van der Waals surface area contributed by atoms with E-state index in [1.807, 2.05) is 30.3 Å². The maximum atomic E-state index is 12.3. The highest BCUT2D eigenvalue weighted by molar-refractivity contribution is 5.86. The van der Waals surface area contributed by atoms with Crippen LogP contribution in [-0.2, 0) is 11.3 Å². The van der Waals surface area contributed by atoms with Crippen LogP contribution in [0, 0.1) is 5.92 Å². The molecule has 1 aliphatic heterocycles. The van der Waals surface area contributed by atoms with E-state index in [1.165, 1.54) is 0 Å². The quantitative estimate of drug-likeness (QED) is 0.882. The molecule has 18 heavy (non-hydrogen) atoms. The molecular weight excluding hydrogens is 224 g/mol. The fraction of sp³-hybridized carbons (Fsp3) is 0.400. The molecule has 1 heterocycles. The number of nitrogens with zero attached hydrogens (tertiary/aromatic N) is 1. The van der Waals surface area contributed by atoms with Crippen molar-refractivity contribution in [3.63, 3.8) is 0 Å². The molecule has 1 aliphatic rings. The molecule has 0 saturated carbocycles. The van der Waals surface area contributed by atoms with Gasteiger partial charge >= 0.3 is 0 Å². The minimum Gasteiger partial charge on any atom is -0.360 e. The third kappa shape index (κ3) is 2.73. The van der Waals surface area contributed by atoms with Gasteiger partial charge in [-0.05, 0) is 17.9 Å². The van der Waals surface area contributed by atoms with Crippen molar-refractivity contribution in [3.8, 4) is 0 Å². The van der Waals surface area contributed by atoms with E-state index in [0.29, 0.717) is 12.5 Å². The molecule has 1 N–H and O–H groups in total. The Labute approximate surface area is 108 Å². The minimum atomic E-state index is -0.110. The summed E-state index contributed by atoms with van der Waals surface area (Å²) in [5, 5.41) is 3.19. The third-order valence-electron chi connectivity index (χ3n) is 3.12. The summed E-state index contributed by atoms with van der Waals surface area (Å²) in [6, 6.07) is 9.88. The third-order valence-corrected chi connectivity index (χ3v) is 3.12. The average molecular weight is 244 g/mol. The van der Waals surface area contributed by atoms with E-state index in [0.717, 1.165) is 17.8 Å². The second-order valence-electron chi connectivity index (χ2n) is 5.18. The van der Waals surface area contributed by atoms with Crippen LogP contribution in [0.4, 0.5) is 0 Å². The zero-order chi connectivity index (χ0) is 13.1. The Bertz CT molecular complexity index is 439. The Morgan fingerprint density at radius 2 is 2.00 bits per heavy atom. The number of hydrogen-bond donors (Lipinski definition) is 1. The van der Waals surface area contributed by atoms with E-state index in [1.54, 1.807) is 4.90 Å². The first-order valence-corrected chi connectivity index (χ1v) is 6.38. The molecule has 0 bridgehead atoms. The van der Waals surface area contributed by atoms with Gasteiger partial charge in [0.25, 0.3) is 5.91 Å². The van der Waals surface area contributed by atoms with Crippen LogP contribution >= 0.6 is 0 Å². The van der Waals surface area contributed by atoms with Crippen LogP contribution in [-0.4, -0.2) is 16.8 Å². The highest BCUT2D eigenvalue weighted by Gasteiger charge is 2.34. The van der Waals surface area contributed by atoms with Crippen LogP contribution in [0.3, 0.4) is 0 Å². The van der Waals surface area contributed by atoms with Crippen LogP contribution in [0.5, 0.6) is 0 Å². The number of rotatable bonds is 4. The molecule has 1 fully saturated rings. The molecule has 0 spiro atoms. The molecule has 3 nitrogen and oxygen atoms in total. The van der Waals surface area contributed by atoms with Crippen LogP contribution in [0.1, 0.15) is 25.8 Å². The van der Waals surface area contributed by atoms with Gasteiger partial charge in [0.1, 0.15) is 11.9 Å². The molecule has 0 aliphatic carbocycles. The minimum absolute atomic E-state index is 0.110. The zero-order valence-corrected chi connectivity index (χ0v) is 11.0. The van der Waals surface area contributed by atoms with Gasteiger partial charge in [-0.25, -0.2) is 0 Å². The molecule has 1 amide bonds. The highest BCUT2D eigenvalue weighted by atomic mass is 16.2. The Morgan fingerprint density at radius 1 is 1.33 bits per heavy atom. The SMILES string of the molecule is C=C1NC(CC(C)C)C(=O)N1Cc1ccccc1. The van der Waals surface area contributed by atoms with Gasteiger partial charge in [-0.1, -0.05) is 50.8 Å². The smallest absolute Gasteiger partial charge is 0.250 e. The fourth-order valence-electron chi connectivity index (χ4n) is 2.23. The van der Waals surface area contributed by atoms with E-state index in [4.69, 9.17) is 0 Å². The Hall–Kier alpha value is -1.77. The van der Waals surface area contributed by atoms with Gasteiger partial charge in [-0.2, -0.15) is 0 Å².